The summed E-state index contributed by atoms with van der Waals surface area (Å²) in [5.74, 6) is 0.365. The first-order chi connectivity index (χ1) is 8.09. The molecule has 1 aromatic rings. The van der Waals surface area contributed by atoms with Crippen LogP contribution in [-0.4, -0.2) is 26.0 Å². The second-order valence-electron chi connectivity index (χ2n) is 4.69. The first kappa shape index (κ1) is 12.6. The molecule has 1 aliphatic rings. The smallest absolute Gasteiger partial charge is 0.154 e. The molecule has 1 atom stereocenters. The molecule has 1 N–H and O–H groups in total. The van der Waals surface area contributed by atoms with Gasteiger partial charge in [0, 0.05) is 13.1 Å². The summed E-state index contributed by atoms with van der Waals surface area (Å²) in [6.07, 6.45) is 1.63. The molecule has 0 amide bonds. The summed E-state index contributed by atoms with van der Waals surface area (Å²) in [4.78, 5) is 0. The van der Waals surface area contributed by atoms with E-state index in [-0.39, 0.29) is 5.25 Å². The molecule has 1 aliphatic heterocycles. The van der Waals surface area contributed by atoms with E-state index in [9.17, 15) is 8.42 Å². The molecule has 0 saturated carbocycles. The highest BCUT2D eigenvalue weighted by atomic mass is 32.2. The Labute approximate surface area is 103 Å². The van der Waals surface area contributed by atoms with Crippen molar-refractivity contribution < 1.29 is 8.42 Å². The molecular weight excluding hydrogens is 234 g/mol. The molecule has 94 valence electrons. The van der Waals surface area contributed by atoms with Crippen molar-refractivity contribution in [3.63, 3.8) is 0 Å². The topological polar surface area (TPSA) is 46.2 Å². The Morgan fingerprint density at radius 2 is 2.12 bits per heavy atom. The van der Waals surface area contributed by atoms with Gasteiger partial charge < -0.3 is 5.32 Å². The van der Waals surface area contributed by atoms with E-state index in [0.29, 0.717) is 12.3 Å². The number of hydrogen-bond acceptors (Lipinski definition) is 3. The Morgan fingerprint density at radius 1 is 1.35 bits per heavy atom. The molecule has 2 rings (SSSR count). The zero-order valence-electron chi connectivity index (χ0n) is 10.1. The van der Waals surface area contributed by atoms with Gasteiger partial charge in [0.25, 0.3) is 0 Å². The van der Waals surface area contributed by atoms with Gasteiger partial charge in [-0.3, -0.25) is 0 Å². The van der Waals surface area contributed by atoms with Gasteiger partial charge in [-0.15, -0.1) is 0 Å². The molecule has 0 aromatic heterocycles. The minimum atomic E-state index is -2.81. The predicted molar refractivity (Wildman–Crippen MR) is 69.7 cm³/mol. The van der Waals surface area contributed by atoms with Crippen LogP contribution in [0, 0.1) is 6.92 Å². The van der Waals surface area contributed by atoms with E-state index >= 15 is 0 Å². The standard InChI is InChI=1S/C13H19NO2S/c1-11-5-2-3-6-12(11)9-14-10-13-7-4-8-17(13,15)16/h2-3,5-6,13-14H,4,7-10H2,1H3. The third kappa shape index (κ3) is 3.07. The molecule has 1 heterocycles. The molecule has 0 radical (unpaired) electrons. The van der Waals surface area contributed by atoms with Crippen LogP contribution in [0.5, 0.6) is 0 Å². The zero-order chi connectivity index (χ0) is 12.3. The van der Waals surface area contributed by atoms with Crippen molar-refractivity contribution in [2.24, 2.45) is 0 Å². The van der Waals surface area contributed by atoms with Crippen LogP contribution < -0.4 is 5.32 Å². The van der Waals surface area contributed by atoms with Gasteiger partial charge in [-0.2, -0.15) is 0 Å². The lowest BCUT2D eigenvalue weighted by Gasteiger charge is -2.11. The van der Waals surface area contributed by atoms with Crippen LogP contribution >= 0.6 is 0 Å². The second-order valence-corrected chi connectivity index (χ2v) is 7.09. The average molecular weight is 253 g/mol. The average Bonchev–Trinajstić information content (AvgIpc) is 2.61. The van der Waals surface area contributed by atoms with Gasteiger partial charge >= 0.3 is 0 Å². The van der Waals surface area contributed by atoms with Crippen molar-refractivity contribution in [1.82, 2.24) is 5.32 Å². The lowest BCUT2D eigenvalue weighted by Crippen LogP contribution is -2.30. The van der Waals surface area contributed by atoms with Gasteiger partial charge in [-0.25, -0.2) is 8.42 Å². The van der Waals surface area contributed by atoms with Crippen LogP contribution in [0.2, 0.25) is 0 Å². The van der Waals surface area contributed by atoms with E-state index < -0.39 is 9.84 Å². The summed E-state index contributed by atoms with van der Waals surface area (Å²) in [5.41, 5.74) is 2.48. The summed E-state index contributed by atoms with van der Waals surface area (Å²) in [6, 6.07) is 8.17. The van der Waals surface area contributed by atoms with Crippen molar-refractivity contribution in [2.45, 2.75) is 31.6 Å². The number of hydrogen-bond donors (Lipinski definition) is 1. The lowest BCUT2D eigenvalue weighted by molar-refractivity contribution is 0.573. The second kappa shape index (κ2) is 5.19. The molecule has 4 heteroatoms. The normalized spacial score (nSPS) is 22.8. The summed E-state index contributed by atoms with van der Waals surface area (Å²) < 4.78 is 23.3. The van der Waals surface area contributed by atoms with Crippen LogP contribution in [0.25, 0.3) is 0 Å². The Bertz CT molecular complexity index is 482. The summed E-state index contributed by atoms with van der Waals surface area (Å²) in [7, 11) is -2.81. The molecule has 0 bridgehead atoms. The van der Waals surface area contributed by atoms with E-state index in [2.05, 4.69) is 24.4 Å². The fraction of sp³-hybridized carbons (Fsp3) is 0.538. The Hall–Kier alpha value is -0.870. The number of sulfone groups is 1. The maximum absolute atomic E-state index is 11.6. The van der Waals surface area contributed by atoms with Crippen LogP contribution in [0.15, 0.2) is 24.3 Å². The van der Waals surface area contributed by atoms with Crippen molar-refractivity contribution in [1.29, 1.82) is 0 Å². The van der Waals surface area contributed by atoms with Gasteiger partial charge in [-0.05, 0) is 30.9 Å². The van der Waals surface area contributed by atoms with E-state index in [0.717, 1.165) is 19.4 Å². The first-order valence-electron chi connectivity index (χ1n) is 6.06. The molecule has 17 heavy (non-hydrogen) atoms. The van der Waals surface area contributed by atoms with Gasteiger partial charge in [0.2, 0.25) is 0 Å². The fourth-order valence-corrected chi connectivity index (χ4v) is 4.06. The molecule has 1 unspecified atom stereocenters. The van der Waals surface area contributed by atoms with Crippen molar-refractivity contribution >= 4 is 9.84 Å². The Kier molecular flexibility index (Phi) is 3.84. The first-order valence-corrected chi connectivity index (χ1v) is 7.78. The molecule has 0 spiro atoms. The minimum Gasteiger partial charge on any atom is -0.311 e. The van der Waals surface area contributed by atoms with E-state index in [1.54, 1.807) is 0 Å². The quantitative estimate of drug-likeness (QED) is 0.887. The molecule has 1 saturated heterocycles. The number of rotatable bonds is 4. The Balaban J connectivity index is 1.86. The van der Waals surface area contributed by atoms with Gasteiger partial charge in [0.1, 0.15) is 0 Å². The highest BCUT2D eigenvalue weighted by Crippen LogP contribution is 2.19. The van der Waals surface area contributed by atoms with Crippen LogP contribution in [0.1, 0.15) is 24.0 Å². The predicted octanol–water partition coefficient (Wildman–Crippen LogP) is 1.66. The zero-order valence-corrected chi connectivity index (χ0v) is 11.0. The molecule has 1 aromatic carbocycles. The van der Waals surface area contributed by atoms with Gasteiger partial charge in [0.15, 0.2) is 9.84 Å². The Morgan fingerprint density at radius 3 is 2.76 bits per heavy atom. The highest BCUT2D eigenvalue weighted by Gasteiger charge is 2.30. The van der Waals surface area contributed by atoms with Crippen LogP contribution in [-0.2, 0) is 16.4 Å². The van der Waals surface area contributed by atoms with Crippen molar-refractivity contribution in [3.8, 4) is 0 Å². The number of aryl methyl sites for hydroxylation is 1. The van der Waals surface area contributed by atoms with Crippen molar-refractivity contribution in [3.05, 3.63) is 35.4 Å². The van der Waals surface area contributed by atoms with Gasteiger partial charge in [0.05, 0.1) is 11.0 Å². The minimum absolute atomic E-state index is 0.175. The summed E-state index contributed by atoms with van der Waals surface area (Å²) in [5, 5.41) is 3.09. The van der Waals surface area contributed by atoms with Crippen molar-refractivity contribution in [2.75, 3.05) is 12.3 Å². The lowest BCUT2D eigenvalue weighted by atomic mass is 10.1. The van der Waals surface area contributed by atoms with Crippen LogP contribution in [0.3, 0.4) is 0 Å². The maximum Gasteiger partial charge on any atom is 0.154 e. The summed E-state index contributed by atoms with van der Waals surface area (Å²) in [6.45, 7) is 3.40. The fourth-order valence-electron chi connectivity index (χ4n) is 2.26. The largest absolute Gasteiger partial charge is 0.311 e. The monoisotopic (exact) mass is 253 g/mol. The molecule has 0 aliphatic carbocycles. The SMILES string of the molecule is Cc1ccccc1CNCC1CCCS1(=O)=O. The highest BCUT2D eigenvalue weighted by molar-refractivity contribution is 7.92. The van der Waals surface area contributed by atoms with Crippen LogP contribution in [0.4, 0.5) is 0 Å². The third-order valence-corrected chi connectivity index (χ3v) is 5.69. The molecule has 1 fully saturated rings. The van der Waals surface area contributed by atoms with E-state index in [1.165, 1.54) is 11.1 Å². The maximum atomic E-state index is 11.6. The van der Waals surface area contributed by atoms with E-state index in [1.807, 2.05) is 12.1 Å². The third-order valence-electron chi connectivity index (χ3n) is 3.41. The number of nitrogens with one attached hydrogen (secondary N) is 1. The van der Waals surface area contributed by atoms with E-state index in [4.69, 9.17) is 0 Å². The summed E-state index contributed by atoms with van der Waals surface area (Å²) >= 11 is 0. The number of benzene rings is 1. The van der Waals surface area contributed by atoms with Gasteiger partial charge in [-0.1, -0.05) is 24.3 Å². The molecule has 3 nitrogen and oxygen atoms in total. The molecular formula is C13H19NO2S.